The van der Waals surface area contributed by atoms with Crippen LogP contribution in [0.2, 0.25) is 0 Å². The van der Waals surface area contributed by atoms with E-state index in [2.05, 4.69) is 5.16 Å². The van der Waals surface area contributed by atoms with E-state index in [1.807, 2.05) is 0 Å². The lowest BCUT2D eigenvalue weighted by molar-refractivity contribution is 0.278. The van der Waals surface area contributed by atoms with E-state index >= 15 is 0 Å². The summed E-state index contributed by atoms with van der Waals surface area (Å²) < 4.78 is 26.7. The smallest absolute Gasteiger partial charge is 0.215 e. The number of hydrogen-bond acceptors (Lipinski definition) is 4. The summed E-state index contributed by atoms with van der Waals surface area (Å²) in [4.78, 5) is 0. The maximum absolute atomic E-state index is 12.6. The highest BCUT2D eigenvalue weighted by molar-refractivity contribution is 7.89. The van der Waals surface area contributed by atoms with Crippen LogP contribution in [0.4, 0.5) is 0 Å². The number of rotatable bonds is 4. The number of nitrogens with zero attached hydrogens (tertiary/aromatic N) is 2. The second-order valence-corrected chi connectivity index (χ2v) is 7.90. The van der Waals surface area contributed by atoms with E-state index in [0.29, 0.717) is 13.0 Å². The van der Waals surface area contributed by atoms with Gasteiger partial charge < -0.3 is 10.9 Å². The molecule has 0 radical (unpaired) electrons. The van der Waals surface area contributed by atoms with Crippen LogP contribution in [0.5, 0.6) is 0 Å². The van der Waals surface area contributed by atoms with Crippen LogP contribution in [0.1, 0.15) is 51.4 Å². The molecule has 116 valence electrons. The van der Waals surface area contributed by atoms with Gasteiger partial charge in [0.05, 0.1) is 11.8 Å². The van der Waals surface area contributed by atoms with Crippen molar-refractivity contribution in [3.05, 3.63) is 0 Å². The Morgan fingerprint density at radius 1 is 1.15 bits per heavy atom. The zero-order chi connectivity index (χ0) is 14.6. The summed E-state index contributed by atoms with van der Waals surface area (Å²) in [5, 5.41) is 11.8. The summed E-state index contributed by atoms with van der Waals surface area (Å²) >= 11 is 0. The second kappa shape index (κ2) is 6.76. The Labute approximate surface area is 121 Å². The van der Waals surface area contributed by atoms with Crippen LogP contribution in [0.25, 0.3) is 0 Å². The van der Waals surface area contributed by atoms with E-state index in [-0.39, 0.29) is 17.5 Å². The van der Waals surface area contributed by atoms with Gasteiger partial charge in [-0.3, -0.25) is 0 Å². The molecular formula is C13H25N3O3S. The average Bonchev–Trinajstić information content (AvgIpc) is 2.47. The molecule has 2 aliphatic rings. The molecule has 3 N–H and O–H groups in total. The first kappa shape index (κ1) is 15.6. The van der Waals surface area contributed by atoms with Crippen LogP contribution in [0.3, 0.4) is 0 Å². The lowest BCUT2D eigenvalue weighted by Crippen LogP contribution is -2.51. The van der Waals surface area contributed by atoms with Gasteiger partial charge in [-0.2, -0.15) is 4.31 Å². The second-order valence-electron chi connectivity index (χ2n) is 5.93. The molecule has 1 heterocycles. The Bertz CT molecular complexity index is 444. The monoisotopic (exact) mass is 303 g/mol. The third kappa shape index (κ3) is 3.63. The van der Waals surface area contributed by atoms with Crippen molar-refractivity contribution in [1.29, 1.82) is 0 Å². The van der Waals surface area contributed by atoms with E-state index in [0.717, 1.165) is 38.5 Å². The molecule has 20 heavy (non-hydrogen) atoms. The standard InChI is InChI=1S/C13H25N3O3S/c14-13(15-17)12-8-4-5-9-16(12)20(18,19)10-11-6-2-1-3-7-11/h11-12,17H,1-10H2,(H2,14,15)/t12-/m0/s1. The molecule has 2 rings (SSSR count). The third-order valence-electron chi connectivity index (χ3n) is 4.44. The molecule has 2 fully saturated rings. The molecule has 0 aromatic carbocycles. The predicted octanol–water partition coefficient (Wildman–Crippen LogP) is 1.50. The summed E-state index contributed by atoms with van der Waals surface area (Å²) in [6, 6.07) is -0.470. The molecule has 0 bridgehead atoms. The fourth-order valence-electron chi connectivity index (χ4n) is 3.35. The van der Waals surface area contributed by atoms with Gasteiger partial charge in [-0.1, -0.05) is 30.8 Å². The van der Waals surface area contributed by atoms with Crippen molar-refractivity contribution in [3.8, 4) is 0 Å². The highest BCUT2D eigenvalue weighted by Crippen LogP contribution is 2.28. The van der Waals surface area contributed by atoms with Crippen LogP contribution in [0.15, 0.2) is 5.16 Å². The molecule has 0 spiro atoms. The predicted molar refractivity (Wildman–Crippen MR) is 78.1 cm³/mol. The van der Waals surface area contributed by atoms with E-state index in [4.69, 9.17) is 10.9 Å². The normalized spacial score (nSPS) is 27.6. The van der Waals surface area contributed by atoms with Crippen LogP contribution in [-0.2, 0) is 10.0 Å². The Morgan fingerprint density at radius 2 is 1.80 bits per heavy atom. The van der Waals surface area contributed by atoms with Crippen LogP contribution in [-0.4, -0.2) is 42.1 Å². The highest BCUT2D eigenvalue weighted by Gasteiger charge is 2.36. The van der Waals surface area contributed by atoms with Gasteiger partial charge in [-0.05, 0) is 31.6 Å². The first-order chi connectivity index (χ1) is 9.54. The lowest BCUT2D eigenvalue weighted by atomic mass is 9.91. The molecule has 0 amide bonds. The number of nitrogens with two attached hydrogens (primary N) is 1. The topological polar surface area (TPSA) is 96.0 Å². The molecule has 1 atom stereocenters. The van der Waals surface area contributed by atoms with E-state index in [9.17, 15) is 8.42 Å². The molecule has 1 saturated heterocycles. The Balaban J connectivity index is 2.09. The van der Waals surface area contributed by atoms with Gasteiger partial charge in [0.15, 0.2) is 5.84 Å². The highest BCUT2D eigenvalue weighted by atomic mass is 32.2. The number of sulfonamides is 1. The minimum absolute atomic E-state index is 0.0110. The van der Waals surface area contributed by atoms with Gasteiger partial charge >= 0.3 is 0 Å². The quantitative estimate of drug-likeness (QED) is 0.356. The summed E-state index contributed by atoms with van der Waals surface area (Å²) in [6.07, 6.45) is 7.87. The molecule has 0 aromatic heterocycles. The summed E-state index contributed by atoms with van der Waals surface area (Å²) in [7, 11) is -3.33. The molecule has 0 aromatic rings. The average molecular weight is 303 g/mol. The Morgan fingerprint density at radius 3 is 2.45 bits per heavy atom. The van der Waals surface area contributed by atoms with Crippen molar-refractivity contribution in [2.45, 2.75) is 57.4 Å². The number of hydrogen-bond donors (Lipinski definition) is 2. The lowest BCUT2D eigenvalue weighted by Gasteiger charge is -2.35. The van der Waals surface area contributed by atoms with Crippen molar-refractivity contribution in [3.63, 3.8) is 0 Å². The van der Waals surface area contributed by atoms with Gasteiger partial charge in [-0.15, -0.1) is 0 Å². The molecule has 1 aliphatic heterocycles. The van der Waals surface area contributed by atoms with E-state index in [1.54, 1.807) is 0 Å². The molecular weight excluding hydrogens is 278 g/mol. The van der Waals surface area contributed by atoms with E-state index < -0.39 is 16.1 Å². The van der Waals surface area contributed by atoms with Crippen molar-refractivity contribution >= 4 is 15.9 Å². The van der Waals surface area contributed by atoms with Gasteiger partial charge in [0, 0.05) is 6.54 Å². The summed E-state index contributed by atoms with van der Waals surface area (Å²) in [5.41, 5.74) is 5.66. The van der Waals surface area contributed by atoms with Gasteiger partial charge in [-0.25, -0.2) is 8.42 Å². The van der Waals surface area contributed by atoms with Crippen LogP contribution in [0, 0.1) is 5.92 Å². The Kier molecular flexibility index (Phi) is 5.26. The van der Waals surface area contributed by atoms with E-state index in [1.165, 1.54) is 10.7 Å². The fourth-order valence-corrected chi connectivity index (χ4v) is 5.48. The fraction of sp³-hybridized carbons (Fsp3) is 0.923. The van der Waals surface area contributed by atoms with Crippen LogP contribution < -0.4 is 5.73 Å². The largest absolute Gasteiger partial charge is 0.409 e. The molecule has 6 nitrogen and oxygen atoms in total. The van der Waals surface area contributed by atoms with Gasteiger partial charge in [0.25, 0.3) is 0 Å². The van der Waals surface area contributed by atoms with Crippen molar-refractivity contribution in [1.82, 2.24) is 4.31 Å². The summed E-state index contributed by atoms with van der Waals surface area (Å²) in [5.74, 6) is 0.489. The third-order valence-corrected chi connectivity index (χ3v) is 6.48. The molecule has 1 aliphatic carbocycles. The summed E-state index contributed by atoms with van der Waals surface area (Å²) in [6.45, 7) is 0.482. The molecule has 0 unspecified atom stereocenters. The zero-order valence-electron chi connectivity index (χ0n) is 11.9. The minimum Gasteiger partial charge on any atom is -0.409 e. The minimum atomic E-state index is -3.33. The number of amidine groups is 1. The molecule has 7 heteroatoms. The van der Waals surface area contributed by atoms with Crippen molar-refractivity contribution < 1.29 is 13.6 Å². The SMILES string of the molecule is NC(=NO)[C@@H]1CCCCN1S(=O)(=O)CC1CCCCC1. The van der Waals surface area contributed by atoms with Gasteiger partial charge in [0.2, 0.25) is 10.0 Å². The first-order valence-corrected chi connectivity index (χ1v) is 9.12. The molecule has 1 saturated carbocycles. The number of piperidine rings is 1. The first-order valence-electron chi connectivity index (χ1n) is 7.51. The maximum atomic E-state index is 12.6. The van der Waals surface area contributed by atoms with Gasteiger partial charge in [0.1, 0.15) is 0 Å². The van der Waals surface area contributed by atoms with Crippen LogP contribution >= 0.6 is 0 Å². The maximum Gasteiger partial charge on any atom is 0.215 e. The Hall–Kier alpha value is -0.820. The van der Waals surface area contributed by atoms with Crippen molar-refractivity contribution in [2.75, 3.05) is 12.3 Å². The number of oxime groups is 1. The van der Waals surface area contributed by atoms with Crippen molar-refractivity contribution in [2.24, 2.45) is 16.8 Å². The zero-order valence-corrected chi connectivity index (χ0v) is 12.7.